The molecule has 1 unspecified atom stereocenters. The molecule has 0 aliphatic rings. The summed E-state index contributed by atoms with van der Waals surface area (Å²) in [6.07, 6.45) is 1.52. The predicted octanol–water partition coefficient (Wildman–Crippen LogP) is 0.470. The Morgan fingerprint density at radius 1 is 1.77 bits per heavy atom. The molecule has 1 aromatic rings. The van der Waals surface area contributed by atoms with Crippen LogP contribution >= 0.6 is 11.8 Å². The van der Waals surface area contributed by atoms with Gasteiger partial charge in [0.05, 0.1) is 0 Å². The van der Waals surface area contributed by atoms with Crippen LogP contribution in [0.2, 0.25) is 0 Å². The fraction of sp³-hybridized carbons (Fsp3) is 0.500. The second-order valence-corrected chi connectivity index (χ2v) is 3.75. The zero-order valence-corrected chi connectivity index (χ0v) is 8.52. The fourth-order valence-electron chi connectivity index (χ4n) is 0.713. The van der Waals surface area contributed by atoms with E-state index in [1.807, 2.05) is 7.05 Å². The maximum atomic E-state index is 10.9. The first-order valence-electron chi connectivity index (χ1n) is 4.08. The number of H-pyrrole nitrogens is 1. The number of nitrogens with zero attached hydrogens (tertiary/aromatic N) is 1. The lowest BCUT2D eigenvalue weighted by Gasteiger charge is -2.07. The molecule has 0 radical (unpaired) electrons. The molecule has 5 heteroatoms. The highest BCUT2D eigenvalue weighted by Gasteiger charge is 2.00. The highest BCUT2D eigenvalue weighted by atomic mass is 32.2. The largest absolute Gasteiger partial charge is 0.316 e. The third-order valence-electron chi connectivity index (χ3n) is 1.61. The highest BCUT2D eigenvalue weighted by molar-refractivity contribution is 7.99. The number of nitrogens with one attached hydrogen (secondary N) is 2. The van der Waals surface area contributed by atoms with Crippen LogP contribution in [-0.2, 0) is 0 Å². The molecule has 0 spiro atoms. The van der Waals surface area contributed by atoms with Gasteiger partial charge in [0.1, 0.15) is 0 Å². The Morgan fingerprint density at radius 3 is 3.15 bits per heavy atom. The number of aromatic amines is 1. The molecule has 1 aromatic heterocycles. The van der Waals surface area contributed by atoms with Gasteiger partial charge in [0, 0.05) is 24.1 Å². The summed E-state index contributed by atoms with van der Waals surface area (Å²) in [5.74, 6) is 0.892. The minimum Gasteiger partial charge on any atom is -0.316 e. The van der Waals surface area contributed by atoms with Gasteiger partial charge in [-0.3, -0.25) is 4.79 Å². The molecule has 0 saturated carbocycles. The van der Waals surface area contributed by atoms with Gasteiger partial charge in [0.15, 0.2) is 5.16 Å². The van der Waals surface area contributed by atoms with Crippen LogP contribution in [0.5, 0.6) is 0 Å². The van der Waals surface area contributed by atoms with Gasteiger partial charge in [-0.05, 0) is 14.0 Å². The normalized spacial score (nSPS) is 12.8. The Kier molecular flexibility index (Phi) is 3.98. The van der Waals surface area contributed by atoms with Gasteiger partial charge in [-0.15, -0.1) is 0 Å². The zero-order valence-electron chi connectivity index (χ0n) is 7.70. The molecule has 0 aliphatic heterocycles. The second-order valence-electron chi connectivity index (χ2n) is 2.74. The molecule has 4 nitrogen and oxygen atoms in total. The maximum Gasteiger partial charge on any atom is 0.251 e. The average Bonchev–Trinajstić information content (AvgIpc) is 2.14. The lowest BCUT2D eigenvalue weighted by molar-refractivity contribution is 0.676. The predicted molar refractivity (Wildman–Crippen MR) is 54.1 cm³/mol. The number of aromatic nitrogens is 2. The molecule has 0 fully saturated rings. The second kappa shape index (κ2) is 5.04. The molecule has 2 N–H and O–H groups in total. The van der Waals surface area contributed by atoms with Crippen molar-refractivity contribution in [3.8, 4) is 0 Å². The van der Waals surface area contributed by atoms with Crippen molar-refractivity contribution < 1.29 is 0 Å². The molecule has 13 heavy (non-hydrogen) atoms. The van der Waals surface area contributed by atoms with Crippen molar-refractivity contribution >= 4 is 11.8 Å². The Morgan fingerprint density at radius 2 is 2.54 bits per heavy atom. The smallest absolute Gasteiger partial charge is 0.251 e. The van der Waals surface area contributed by atoms with Crippen molar-refractivity contribution in [2.45, 2.75) is 18.1 Å². The summed E-state index contributed by atoms with van der Waals surface area (Å²) in [5.41, 5.74) is -0.102. The van der Waals surface area contributed by atoms with E-state index in [9.17, 15) is 4.79 Å². The number of hydrogen-bond donors (Lipinski definition) is 2. The Bertz CT molecular complexity index is 312. The quantitative estimate of drug-likeness (QED) is 0.546. The van der Waals surface area contributed by atoms with Crippen LogP contribution in [-0.4, -0.2) is 28.8 Å². The summed E-state index contributed by atoms with van der Waals surface area (Å²) >= 11 is 1.54. The van der Waals surface area contributed by atoms with E-state index in [4.69, 9.17) is 0 Å². The number of hydrogen-bond acceptors (Lipinski definition) is 4. The molecule has 1 atom stereocenters. The van der Waals surface area contributed by atoms with E-state index in [1.54, 1.807) is 0 Å². The van der Waals surface area contributed by atoms with Crippen molar-refractivity contribution in [1.82, 2.24) is 15.3 Å². The van der Waals surface area contributed by atoms with E-state index >= 15 is 0 Å². The van der Waals surface area contributed by atoms with Gasteiger partial charge in [-0.1, -0.05) is 11.8 Å². The molecular weight excluding hydrogens is 186 g/mol. The van der Waals surface area contributed by atoms with Crippen LogP contribution in [0.1, 0.15) is 6.92 Å². The summed E-state index contributed by atoms with van der Waals surface area (Å²) in [6.45, 7) is 2.08. The summed E-state index contributed by atoms with van der Waals surface area (Å²) in [5, 5.41) is 3.78. The van der Waals surface area contributed by atoms with Crippen molar-refractivity contribution in [2.24, 2.45) is 0 Å². The van der Waals surface area contributed by atoms with E-state index < -0.39 is 0 Å². The van der Waals surface area contributed by atoms with Crippen LogP contribution < -0.4 is 10.9 Å². The van der Waals surface area contributed by atoms with E-state index in [-0.39, 0.29) is 5.56 Å². The molecular formula is C8H13N3OS. The molecule has 0 saturated heterocycles. The summed E-state index contributed by atoms with van der Waals surface area (Å²) in [7, 11) is 1.91. The van der Waals surface area contributed by atoms with E-state index in [0.29, 0.717) is 11.2 Å². The summed E-state index contributed by atoms with van der Waals surface area (Å²) < 4.78 is 0. The Labute approximate surface area is 81.2 Å². The molecule has 0 aliphatic carbocycles. The molecule has 0 aromatic carbocycles. The first-order valence-corrected chi connectivity index (χ1v) is 5.06. The lowest BCUT2D eigenvalue weighted by atomic mass is 10.4. The van der Waals surface area contributed by atoms with Crippen LogP contribution in [0.3, 0.4) is 0 Å². The molecule has 1 rings (SSSR count). The van der Waals surface area contributed by atoms with Crippen molar-refractivity contribution in [1.29, 1.82) is 0 Å². The van der Waals surface area contributed by atoms with Gasteiger partial charge in [0.25, 0.3) is 5.56 Å². The minimum absolute atomic E-state index is 0.102. The zero-order chi connectivity index (χ0) is 9.68. The first kappa shape index (κ1) is 10.3. The minimum atomic E-state index is -0.102. The lowest BCUT2D eigenvalue weighted by Crippen LogP contribution is -2.23. The van der Waals surface area contributed by atoms with E-state index in [1.165, 1.54) is 24.0 Å². The van der Waals surface area contributed by atoms with Gasteiger partial charge in [0.2, 0.25) is 0 Å². The van der Waals surface area contributed by atoms with Gasteiger partial charge < -0.3 is 10.3 Å². The Hall–Kier alpha value is -0.810. The average molecular weight is 199 g/mol. The van der Waals surface area contributed by atoms with E-state index in [0.717, 1.165) is 5.75 Å². The molecule has 0 amide bonds. The summed E-state index contributed by atoms with van der Waals surface area (Å²) in [6, 6.07) is 1.82. The van der Waals surface area contributed by atoms with Crippen LogP contribution in [0, 0.1) is 0 Å². The SMILES string of the molecule is CNC(C)CSc1nccc(=O)[nH]1. The topological polar surface area (TPSA) is 57.8 Å². The third kappa shape index (κ3) is 3.61. The molecule has 0 bridgehead atoms. The van der Waals surface area contributed by atoms with E-state index in [2.05, 4.69) is 22.2 Å². The Balaban J connectivity index is 2.50. The third-order valence-corrected chi connectivity index (χ3v) is 2.76. The van der Waals surface area contributed by atoms with Crippen molar-refractivity contribution in [3.05, 3.63) is 22.6 Å². The fourth-order valence-corrected chi connectivity index (χ4v) is 1.60. The maximum absolute atomic E-state index is 10.9. The standard InChI is InChI=1S/C8H13N3OS/c1-6(9-2)5-13-8-10-4-3-7(12)11-8/h3-4,6,9H,5H2,1-2H3,(H,10,11,12). The van der Waals surface area contributed by atoms with Crippen LogP contribution in [0.15, 0.2) is 22.2 Å². The first-order chi connectivity index (χ1) is 6.22. The monoisotopic (exact) mass is 199 g/mol. The summed E-state index contributed by atoms with van der Waals surface area (Å²) in [4.78, 5) is 17.6. The van der Waals surface area contributed by atoms with Crippen LogP contribution in [0.25, 0.3) is 0 Å². The number of rotatable bonds is 4. The molecule has 72 valence electrons. The number of thioether (sulfide) groups is 1. The van der Waals surface area contributed by atoms with Gasteiger partial charge in [-0.25, -0.2) is 4.98 Å². The van der Waals surface area contributed by atoms with Gasteiger partial charge >= 0.3 is 0 Å². The van der Waals surface area contributed by atoms with Crippen LogP contribution in [0.4, 0.5) is 0 Å². The highest BCUT2D eigenvalue weighted by Crippen LogP contribution is 2.10. The van der Waals surface area contributed by atoms with Gasteiger partial charge in [-0.2, -0.15) is 0 Å². The van der Waals surface area contributed by atoms with Crippen molar-refractivity contribution in [3.63, 3.8) is 0 Å². The van der Waals surface area contributed by atoms with Crippen molar-refractivity contribution in [2.75, 3.05) is 12.8 Å². The molecule has 1 heterocycles.